The number of carbonyl (C=O) groups is 2. The number of aromatic nitrogens is 4. The van der Waals surface area contributed by atoms with Crippen LogP contribution in [0.5, 0.6) is 5.75 Å². The zero-order valence-corrected chi connectivity index (χ0v) is 14.0. The Balaban J connectivity index is 2.41. The molecule has 0 fully saturated rings. The van der Waals surface area contributed by atoms with Crippen molar-refractivity contribution in [2.45, 2.75) is 26.6 Å². The summed E-state index contributed by atoms with van der Waals surface area (Å²) in [6, 6.07) is 2.10. The van der Waals surface area contributed by atoms with Gasteiger partial charge in [0.1, 0.15) is 0 Å². The molecule has 1 aromatic carbocycles. The van der Waals surface area contributed by atoms with Crippen molar-refractivity contribution in [1.29, 1.82) is 0 Å². The lowest BCUT2D eigenvalue weighted by atomic mass is 10.0. The number of benzene rings is 1. The number of alkyl halides is 3. The molecule has 12 heteroatoms. The van der Waals surface area contributed by atoms with Gasteiger partial charge in [-0.05, 0) is 35.0 Å². The quantitative estimate of drug-likeness (QED) is 0.831. The second-order valence-electron chi connectivity index (χ2n) is 5.14. The lowest BCUT2D eigenvalue weighted by molar-refractivity contribution is -0.274. The fourth-order valence-corrected chi connectivity index (χ4v) is 2.03. The van der Waals surface area contributed by atoms with Crippen LogP contribution in [0.2, 0.25) is 0 Å². The third-order valence-electron chi connectivity index (χ3n) is 3.33. The van der Waals surface area contributed by atoms with Crippen molar-refractivity contribution in [2.75, 3.05) is 10.6 Å². The normalized spacial score (nSPS) is 11.2. The van der Waals surface area contributed by atoms with Gasteiger partial charge in [-0.3, -0.25) is 14.9 Å². The first-order valence-corrected chi connectivity index (χ1v) is 7.35. The van der Waals surface area contributed by atoms with Crippen molar-refractivity contribution in [2.24, 2.45) is 7.05 Å². The first kappa shape index (κ1) is 19.1. The van der Waals surface area contributed by atoms with Crippen LogP contribution in [0.25, 0.3) is 0 Å². The molecule has 0 atom stereocenters. The van der Waals surface area contributed by atoms with Crippen LogP contribution >= 0.6 is 0 Å². The number of hydrogen-bond acceptors (Lipinski definition) is 6. The van der Waals surface area contributed by atoms with E-state index in [2.05, 4.69) is 30.9 Å². The van der Waals surface area contributed by atoms with Gasteiger partial charge in [-0.15, -0.1) is 13.2 Å². The Morgan fingerprint density at radius 2 is 1.96 bits per heavy atom. The molecule has 0 aliphatic heterocycles. The number of ether oxygens (including phenoxy) is 1. The Bertz CT molecular complexity index is 834. The maximum absolute atomic E-state index is 12.6. The Kier molecular flexibility index (Phi) is 5.43. The third-order valence-corrected chi connectivity index (χ3v) is 3.33. The number of aryl methyl sites for hydroxylation is 1. The molecular formula is C14H15F3N6O3. The summed E-state index contributed by atoms with van der Waals surface area (Å²) in [5.74, 6) is -1.76. The molecule has 0 saturated heterocycles. The standard InChI is InChI=1S/C14H15F3N6O3/c1-4-10(24)18-11-7(2)8(5-6-9(11)26-14(15,16)17)12(25)19-13-20-21-22-23(13)3/h5-6H,4H2,1-3H3,(H,18,24)(H,19,20,22,25). The number of halogens is 3. The molecule has 140 valence electrons. The average molecular weight is 372 g/mol. The van der Waals surface area contributed by atoms with Crippen molar-refractivity contribution in [1.82, 2.24) is 20.2 Å². The highest BCUT2D eigenvalue weighted by atomic mass is 19.4. The van der Waals surface area contributed by atoms with Crippen molar-refractivity contribution in [3.63, 3.8) is 0 Å². The maximum Gasteiger partial charge on any atom is 0.573 e. The van der Waals surface area contributed by atoms with Gasteiger partial charge in [0.2, 0.25) is 11.9 Å². The third kappa shape index (κ3) is 4.46. The molecule has 26 heavy (non-hydrogen) atoms. The van der Waals surface area contributed by atoms with Gasteiger partial charge in [-0.2, -0.15) is 0 Å². The highest BCUT2D eigenvalue weighted by Gasteiger charge is 2.33. The first-order chi connectivity index (χ1) is 12.1. The summed E-state index contributed by atoms with van der Waals surface area (Å²) in [4.78, 5) is 24.0. The zero-order chi connectivity index (χ0) is 19.5. The smallest absolute Gasteiger partial charge is 0.404 e. The summed E-state index contributed by atoms with van der Waals surface area (Å²) in [6.45, 7) is 2.92. The molecule has 0 unspecified atom stereocenters. The van der Waals surface area contributed by atoms with Crippen molar-refractivity contribution in [3.05, 3.63) is 23.3 Å². The molecule has 0 saturated carbocycles. The van der Waals surface area contributed by atoms with Crippen LogP contribution in [0, 0.1) is 6.92 Å². The van der Waals surface area contributed by atoms with E-state index < -0.39 is 23.9 Å². The molecule has 0 spiro atoms. The van der Waals surface area contributed by atoms with Crippen LogP contribution in [-0.2, 0) is 11.8 Å². The van der Waals surface area contributed by atoms with E-state index in [1.807, 2.05) is 0 Å². The van der Waals surface area contributed by atoms with Gasteiger partial charge in [0, 0.05) is 19.0 Å². The van der Waals surface area contributed by atoms with E-state index >= 15 is 0 Å². The lowest BCUT2D eigenvalue weighted by Gasteiger charge is -2.18. The Labute approximate surface area is 145 Å². The summed E-state index contributed by atoms with van der Waals surface area (Å²) in [5, 5.41) is 15.2. The Hall–Kier alpha value is -3.18. The fraction of sp³-hybridized carbons (Fsp3) is 0.357. The van der Waals surface area contributed by atoms with E-state index in [9.17, 15) is 22.8 Å². The maximum atomic E-state index is 12.6. The van der Waals surface area contributed by atoms with Gasteiger partial charge in [0.05, 0.1) is 5.69 Å². The highest BCUT2D eigenvalue weighted by molar-refractivity contribution is 6.06. The minimum absolute atomic E-state index is 0.0222. The molecule has 1 aromatic heterocycles. The van der Waals surface area contributed by atoms with Gasteiger partial charge in [0.15, 0.2) is 5.75 Å². The van der Waals surface area contributed by atoms with Crippen LogP contribution in [0.3, 0.4) is 0 Å². The summed E-state index contributed by atoms with van der Waals surface area (Å²) in [7, 11) is 1.50. The minimum atomic E-state index is -4.95. The summed E-state index contributed by atoms with van der Waals surface area (Å²) in [6.07, 6.45) is -4.92. The van der Waals surface area contributed by atoms with Crippen LogP contribution in [0.4, 0.5) is 24.8 Å². The van der Waals surface area contributed by atoms with E-state index in [1.54, 1.807) is 0 Å². The molecule has 2 rings (SSSR count). The molecule has 9 nitrogen and oxygen atoms in total. The number of amides is 2. The predicted octanol–water partition coefficient (Wildman–Crippen LogP) is 2.02. The van der Waals surface area contributed by atoms with E-state index in [0.29, 0.717) is 0 Å². The van der Waals surface area contributed by atoms with Crippen molar-refractivity contribution >= 4 is 23.5 Å². The second-order valence-corrected chi connectivity index (χ2v) is 5.14. The number of rotatable bonds is 5. The van der Waals surface area contributed by atoms with Gasteiger partial charge < -0.3 is 10.1 Å². The largest absolute Gasteiger partial charge is 0.573 e. The number of nitrogens with zero attached hydrogens (tertiary/aromatic N) is 4. The summed E-state index contributed by atoms with van der Waals surface area (Å²) in [5.41, 5.74) is -0.118. The summed E-state index contributed by atoms with van der Waals surface area (Å²) >= 11 is 0. The lowest BCUT2D eigenvalue weighted by Crippen LogP contribution is -2.22. The molecule has 1 heterocycles. The highest BCUT2D eigenvalue weighted by Crippen LogP contribution is 2.35. The average Bonchev–Trinajstić information content (AvgIpc) is 2.94. The SMILES string of the molecule is CCC(=O)Nc1c(OC(F)(F)F)ccc(C(=O)Nc2nnnn2C)c1C. The van der Waals surface area contributed by atoms with Crippen molar-refractivity contribution < 1.29 is 27.5 Å². The first-order valence-electron chi connectivity index (χ1n) is 7.35. The monoisotopic (exact) mass is 372 g/mol. The second kappa shape index (κ2) is 7.37. The van der Waals surface area contributed by atoms with Gasteiger partial charge in [0.25, 0.3) is 5.91 Å². The molecule has 0 bridgehead atoms. The van der Waals surface area contributed by atoms with E-state index in [-0.39, 0.29) is 29.2 Å². The van der Waals surface area contributed by atoms with Crippen LogP contribution in [-0.4, -0.2) is 38.4 Å². The molecule has 0 radical (unpaired) electrons. The topological polar surface area (TPSA) is 111 Å². The number of carbonyl (C=O) groups excluding carboxylic acids is 2. The van der Waals surface area contributed by atoms with Crippen molar-refractivity contribution in [3.8, 4) is 5.75 Å². The molecule has 0 aliphatic carbocycles. The van der Waals surface area contributed by atoms with E-state index in [1.165, 1.54) is 25.6 Å². The predicted molar refractivity (Wildman–Crippen MR) is 83.5 cm³/mol. The van der Waals surface area contributed by atoms with Gasteiger partial charge in [-0.25, -0.2) is 4.68 Å². The van der Waals surface area contributed by atoms with Crippen LogP contribution in [0.1, 0.15) is 29.3 Å². The van der Waals surface area contributed by atoms with Gasteiger partial charge in [-0.1, -0.05) is 12.0 Å². The van der Waals surface area contributed by atoms with E-state index in [4.69, 9.17) is 0 Å². The number of nitrogens with one attached hydrogen (secondary N) is 2. The summed E-state index contributed by atoms with van der Waals surface area (Å²) < 4.78 is 42.9. The number of anilines is 2. The number of tetrazole rings is 1. The molecule has 2 N–H and O–H groups in total. The Morgan fingerprint density at radius 1 is 1.27 bits per heavy atom. The van der Waals surface area contributed by atoms with Gasteiger partial charge >= 0.3 is 6.36 Å². The zero-order valence-electron chi connectivity index (χ0n) is 14.0. The van der Waals surface area contributed by atoms with E-state index in [0.717, 1.165) is 12.1 Å². The molecule has 2 amide bonds. The Morgan fingerprint density at radius 3 is 2.50 bits per heavy atom. The fourth-order valence-electron chi connectivity index (χ4n) is 2.03. The van der Waals surface area contributed by atoms with Crippen LogP contribution < -0.4 is 15.4 Å². The number of hydrogen-bond donors (Lipinski definition) is 2. The molecule has 0 aliphatic rings. The minimum Gasteiger partial charge on any atom is -0.404 e. The molecule has 2 aromatic rings. The van der Waals surface area contributed by atoms with Crippen LogP contribution in [0.15, 0.2) is 12.1 Å². The molecular weight excluding hydrogens is 357 g/mol.